The van der Waals surface area contributed by atoms with Crippen LogP contribution in [0.1, 0.15) is 12.6 Å². The van der Waals surface area contributed by atoms with Crippen molar-refractivity contribution in [1.82, 2.24) is 9.78 Å². The largest absolute Gasteiger partial charge is 0.381 e. The van der Waals surface area contributed by atoms with E-state index in [1.54, 1.807) is 32.0 Å². The Morgan fingerprint density at radius 1 is 1.77 bits per heavy atom. The lowest BCUT2D eigenvalue weighted by atomic mass is 10.0. The fourth-order valence-electron chi connectivity index (χ4n) is 1.37. The quantitative estimate of drug-likeness (QED) is 0.870. The van der Waals surface area contributed by atoms with Crippen LogP contribution in [0.25, 0.3) is 0 Å². The zero-order valence-corrected chi connectivity index (χ0v) is 9.50. The number of methoxy groups -OCH3 is 1. The summed E-state index contributed by atoms with van der Waals surface area (Å²) >= 11 is 3.32. The first-order valence-corrected chi connectivity index (χ1v) is 4.67. The van der Waals surface area contributed by atoms with Gasteiger partial charge in [-0.1, -0.05) is 0 Å². The molecule has 1 unspecified atom stereocenters. The first-order valence-electron chi connectivity index (χ1n) is 3.88. The Labute approximate surface area is 85.6 Å². The highest BCUT2D eigenvalue weighted by Crippen LogP contribution is 2.27. The van der Waals surface area contributed by atoms with Crippen LogP contribution < -0.4 is 0 Å². The maximum absolute atomic E-state index is 10.0. The zero-order chi connectivity index (χ0) is 10.1. The Hall–Kier alpha value is -0.390. The summed E-state index contributed by atoms with van der Waals surface area (Å²) in [5.41, 5.74) is -0.298. The Morgan fingerprint density at radius 2 is 2.38 bits per heavy atom. The molecule has 0 saturated heterocycles. The molecule has 0 amide bonds. The van der Waals surface area contributed by atoms with Crippen LogP contribution in [-0.2, 0) is 17.4 Å². The van der Waals surface area contributed by atoms with Crippen LogP contribution in [0, 0.1) is 0 Å². The van der Waals surface area contributed by atoms with Gasteiger partial charge in [-0.25, -0.2) is 0 Å². The third-order valence-electron chi connectivity index (χ3n) is 1.83. The third kappa shape index (κ3) is 2.10. The van der Waals surface area contributed by atoms with Gasteiger partial charge in [-0.15, -0.1) is 0 Å². The molecular formula is C8H13BrN2O2. The minimum atomic E-state index is -1.02. The summed E-state index contributed by atoms with van der Waals surface area (Å²) in [6.07, 6.45) is 1.65. The van der Waals surface area contributed by atoms with E-state index in [1.165, 1.54) is 0 Å². The summed E-state index contributed by atoms with van der Waals surface area (Å²) in [6, 6.07) is 0. The van der Waals surface area contributed by atoms with Crippen molar-refractivity contribution in [3.63, 3.8) is 0 Å². The third-order valence-corrected chi connectivity index (χ3v) is 2.41. The first-order chi connectivity index (χ1) is 5.99. The summed E-state index contributed by atoms with van der Waals surface area (Å²) < 4.78 is 7.35. The van der Waals surface area contributed by atoms with Crippen LogP contribution in [0.5, 0.6) is 0 Å². The number of aliphatic hydroxyl groups is 1. The van der Waals surface area contributed by atoms with E-state index in [2.05, 4.69) is 21.0 Å². The van der Waals surface area contributed by atoms with E-state index in [1.807, 2.05) is 0 Å². The predicted molar refractivity (Wildman–Crippen MR) is 52.4 cm³/mol. The lowest BCUT2D eigenvalue weighted by Gasteiger charge is -2.22. The van der Waals surface area contributed by atoms with Gasteiger partial charge >= 0.3 is 0 Å². The summed E-state index contributed by atoms with van der Waals surface area (Å²) in [5, 5.41) is 14.0. The molecule has 0 saturated carbocycles. The van der Waals surface area contributed by atoms with Crippen molar-refractivity contribution in [1.29, 1.82) is 0 Å². The van der Waals surface area contributed by atoms with E-state index >= 15 is 0 Å². The van der Waals surface area contributed by atoms with Crippen molar-refractivity contribution in [2.24, 2.45) is 7.05 Å². The Morgan fingerprint density at radius 3 is 2.77 bits per heavy atom. The number of nitrogens with zero attached hydrogens (tertiary/aromatic N) is 2. The van der Waals surface area contributed by atoms with Crippen molar-refractivity contribution in [3.8, 4) is 0 Å². The molecule has 0 aliphatic rings. The monoisotopic (exact) mass is 248 g/mol. The highest BCUT2D eigenvalue weighted by Gasteiger charge is 2.29. The molecule has 13 heavy (non-hydrogen) atoms. The van der Waals surface area contributed by atoms with Crippen LogP contribution in [-0.4, -0.2) is 28.6 Å². The summed E-state index contributed by atoms with van der Waals surface area (Å²) in [6.45, 7) is 1.93. The van der Waals surface area contributed by atoms with E-state index in [9.17, 15) is 5.11 Å². The number of hydrogen-bond acceptors (Lipinski definition) is 3. The Balaban J connectivity index is 3.05. The maximum atomic E-state index is 10.0. The molecule has 1 heterocycles. The van der Waals surface area contributed by atoms with E-state index in [4.69, 9.17) is 4.74 Å². The second-order valence-electron chi connectivity index (χ2n) is 3.17. The van der Waals surface area contributed by atoms with Gasteiger partial charge in [-0.05, 0) is 22.9 Å². The van der Waals surface area contributed by atoms with Gasteiger partial charge in [-0.3, -0.25) is 4.68 Å². The number of rotatable bonds is 3. The number of aromatic nitrogens is 2. The number of ether oxygens (including phenoxy) is 1. The molecule has 0 fully saturated rings. The molecule has 1 N–H and O–H groups in total. The van der Waals surface area contributed by atoms with Crippen LogP contribution >= 0.6 is 15.9 Å². The normalized spacial score (nSPS) is 15.8. The molecule has 5 heteroatoms. The summed E-state index contributed by atoms with van der Waals surface area (Å²) in [7, 11) is 3.34. The van der Waals surface area contributed by atoms with Gasteiger partial charge in [0.05, 0.1) is 23.0 Å². The number of hydrogen-bond donors (Lipinski definition) is 1. The maximum Gasteiger partial charge on any atom is 0.128 e. The number of halogens is 1. The van der Waals surface area contributed by atoms with Gasteiger partial charge < -0.3 is 9.84 Å². The first kappa shape index (κ1) is 10.7. The number of aryl methyl sites for hydroxylation is 1. The summed E-state index contributed by atoms with van der Waals surface area (Å²) in [4.78, 5) is 0. The molecule has 0 aromatic carbocycles. The fraction of sp³-hybridized carbons (Fsp3) is 0.625. The predicted octanol–water partition coefficient (Wildman–Crippen LogP) is 1.04. The van der Waals surface area contributed by atoms with Crippen molar-refractivity contribution >= 4 is 15.9 Å². The van der Waals surface area contributed by atoms with Gasteiger partial charge in [0.15, 0.2) is 0 Å². The zero-order valence-electron chi connectivity index (χ0n) is 7.91. The molecule has 1 aromatic rings. The molecule has 74 valence electrons. The standard InChI is InChI=1S/C8H13BrN2O2/c1-8(12,5-13-3)7-6(9)4-10-11(7)2/h4,12H,5H2,1-3H3. The second-order valence-corrected chi connectivity index (χ2v) is 4.03. The van der Waals surface area contributed by atoms with Crippen molar-refractivity contribution in [2.75, 3.05) is 13.7 Å². The van der Waals surface area contributed by atoms with Gasteiger partial charge in [0.25, 0.3) is 0 Å². The van der Waals surface area contributed by atoms with Crippen molar-refractivity contribution in [2.45, 2.75) is 12.5 Å². The van der Waals surface area contributed by atoms with Gasteiger partial charge in [-0.2, -0.15) is 5.10 Å². The molecule has 0 spiro atoms. The molecule has 1 rings (SSSR count). The average molecular weight is 249 g/mol. The second kappa shape index (κ2) is 3.77. The molecule has 0 aliphatic heterocycles. The minimum absolute atomic E-state index is 0.241. The SMILES string of the molecule is COCC(C)(O)c1c(Br)cnn1C. The Kier molecular flexibility index (Phi) is 3.10. The topological polar surface area (TPSA) is 47.3 Å². The van der Waals surface area contributed by atoms with E-state index in [0.717, 1.165) is 4.47 Å². The average Bonchev–Trinajstić information content (AvgIpc) is 2.31. The van der Waals surface area contributed by atoms with Crippen molar-refractivity contribution < 1.29 is 9.84 Å². The van der Waals surface area contributed by atoms with Crippen LogP contribution in [0.4, 0.5) is 0 Å². The van der Waals surface area contributed by atoms with E-state index < -0.39 is 5.60 Å². The van der Waals surface area contributed by atoms with E-state index in [0.29, 0.717) is 5.69 Å². The van der Waals surface area contributed by atoms with Crippen LogP contribution in [0.3, 0.4) is 0 Å². The molecule has 1 aromatic heterocycles. The van der Waals surface area contributed by atoms with Crippen LogP contribution in [0.2, 0.25) is 0 Å². The molecule has 4 nitrogen and oxygen atoms in total. The van der Waals surface area contributed by atoms with Crippen LogP contribution in [0.15, 0.2) is 10.7 Å². The highest BCUT2D eigenvalue weighted by atomic mass is 79.9. The lowest BCUT2D eigenvalue weighted by Crippen LogP contribution is -2.30. The smallest absolute Gasteiger partial charge is 0.128 e. The molecule has 0 radical (unpaired) electrons. The highest BCUT2D eigenvalue weighted by molar-refractivity contribution is 9.10. The van der Waals surface area contributed by atoms with Gasteiger partial charge in [0.2, 0.25) is 0 Å². The molecular weight excluding hydrogens is 236 g/mol. The van der Waals surface area contributed by atoms with Crippen molar-refractivity contribution in [3.05, 3.63) is 16.4 Å². The van der Waals surface area contributed by atoms with Gasteiger partial charge in [0, 0.05) is 14.2 Å². The lowest BCUT2D eigenvalue weighted by molar-refractivity contribution is -0.0270. The summed E-state index contributed by atoms with van der Waals surface area (Å²) in [5.74, 6) is 0. The molecule has 1 atom stereocenters. The molecule has 0 bridgehead atoms. The van der Waals surface area contributed by atoms with Gasteiger partial charge in [0.1, 0.15) is 5.60 Å². The van der Waals surface area contributed by atoms with E-state index in [-0.39, 0.29) is 6.61 Å². The molecule has 0 aliphatic carbocycles. The fourth-order valence-corrected chi connectivity index (χ4v) is 2.14. The minimum Gasteiger partial charge on any atom is -0.381 e. The Bertz CT molecular complexity index is 277.